The van der Waals surface area contributed by atoms with Crippen LogP contribution in [0.2, 0.25) is 0 Å². The molecule has 0 saturated heterocycles. The molecule has 0 aliphatic rings. The molecular weight excluding hydrogens is 188 g/mol. The standard InChI is InChI=1S/C12H22N2O/c1-3-5-6-7-8-9-12(15)14-11(4-2)10-13/h11H,3-9H2,1-2H3,(H,14,15). The van der Waals surface area contributed by atoms with E-state index in [4.69, 9.17) is 5.26 Å². The van der Waals surface area contributed by atoms with Gasteiger partial charge in [0, 0.05) is 6.42 Å². The van der Waals surface area contributed by atoms with Gasteiger partial charge in [0.25, 0.3) is 0 Å². The molecule has 86 valence electrons. The molecular formula is C12H22N2O. The molecule has 0 rings (SSSR count). The zero-order valence-electron chi connectivity index (χ0n) is 9.88. The largest absolute Gasteiger partial charge is 0.340 e. The van der Waals surface area contributed by atoms with E-state index >= 15 is 0 Å². The second kappa shape index (κ2) is 9.51. The highest BCUT2D eigenvalue weighted by Crippen LogP contribution is 2.05. The zero-order valence-corrected chi connectivity index (χ0v) is 9.88. The molecule has 0 spiro atoms. The molecule has 1 amide bonds. The molecule has 3 heteroatoms. The van der Waals surface area contributed by atoms with Crippen LogP contribution in [-0.2, 0) is 4.79 Å². The van der Waals surface area contributed by atoms with Crippen LogP contribution in [0, 0.1) is 11.3 Å². The molecule has 0 aromatic carbocycles. The number of carbonyl (C=O) groups is 1. The summed E-state index contributed by atoms with van der Waals surface area (Å²) in [7, 11) is 0. The predicted molar refractivity (Wildman–Crippen MR) is 61.2 cm³/mol. The first kappa shape index (κ1) is 14.0. The minimum absolute atomic E-state index is 0.0138. The summed E-state index contributed by atoms with van der Waals surface area (Å²) in [4.78, 5) is 11.3. The number of hydrogen-bond acceptors (Lipinski definition) is 2. The van der Waals surface area contributed by atoms with Gasteiger partial charge in [-0.15, -0.1) is 0 Å². The molecule has 0 aliphatic heterocycles. The Hall–Kier alpha value is -1.04. The van der Waals surface area contributed by atoms with Crippen LogP contribution in [0.25, 0.3) is 0 Å². The minimum atomic E-state index is -0.312. The zero-order chi connectivity index (χ0) is 11.5. The van der Waals surface area contributed by atoms with Crippen LogP contribution in [0.1, 0.15) is 58.8 Å². The highest BCUT2D eigenvalue weighted by Gasteiger charge is 2.07. The van der Waals surface area contributed by atoms with Crippen molar-refractivity contribution in [2.75, 3.05) is 0 Å². The minimum Gasteiger partial charge on any atom is -0.340 e. The molecule has 1 N–H and O–H groups in total. The van der Waals surface area contributed by atoms with E-state index in [9.17, 15) is 4.79 Å². The summed E-state index contributed by atoms with van der Waals surface area (Å²) in [5.74, 6) is 0.0138. The van der Waals surface area contributed by atoms with E-state index < -0.39 is 0 Å². The number of nitrogens with one attached hydrogen (secondary N) is 1. The van der Waals surface area contributed by atoms with Crippen molar-refractivity contribution in [1.29, 1.82) is 5.26 Å². The van der Waals surface area contributed by atoms with E-state index in [2.05, 4.69) is 18.3 Å². The van der Waals surface area contributed by atoms with Crippen LogP contribution in [0.4, 0.5) is 0 Å². The van der Waals surface area contributed by atoms with Gasteiger partial charge in [0.1, 0.15) is 6.04 Å². The molecule has 0 radical (unpaired) electrons. The van der Waals surface area contributed by atoms with Crippen molar-refractivity contribution in [2.24, 2.45) is 0 Å². The fourth-order valence-corrected chi connectivity index (χ4v) is 1.38. The normalized spacial score (nSPS) is 11.8. The quantitative estimate of drug-likeness (QED) is 0.626. The molecule has 0 heterocycles. The van der Waals surface area contributed by atoms with Crippen LogP contribution in [-0.4, -0.2) is 11.9 Å². The van der Waals surface area contributed by atoms with E-state index in [0.717, 1.165) is 12.8 Å². The molecule has 0 aromatic heterocycles. The molecule has 0 saturated carbocycles. The van der Waals surface area contributed by atoms with Crippen LogP contribution in [0.3, 0.4) is 0 Å². The van der Waals surface area contributed by atoms with Gasteiger partial charge in [0.05, 0.1) is 6.07 Å². The van der Waals surface area contributed by atoms with Gasteiger partial charge in [-0.05, 0) is 12.8 Å². The lowest BCUT2D eigenvalue weighted by molar-refractivity contribution is -0.121. The van der Waals surface area contributed by atoms with Crippen LogP contribution >= 0.6 is 0 Å². The maximum absolute atomic E-state index is 11.3. The van der Waals surface area contributed by atoms with Gasteiger partial charge in [-0.1, -0.05) is 39.5 Å². The number of nitriles is 1. The van der Waals surface area contributed by atoms with E-state index in [1.165, 1.54) is 19.3 Å². The van der Waals surface area contributed by atoms with Crippen LogP contribution in [0.15, 0.2) is 0 Å². The fourth-order valence-electron chi connectivity index (χ4n) is 1.38. The summed E-state index contributed by atoms with van der Waals surface area (Å²) in [6.45, 7) is 4.07. The van der Waals surface area contributed by atoms with Crippen molar-refractivity contribution in [3.63, 3.8) is 0 Å². The van der Waals surface area contributed by atoms with Gasteiger partial charge >= 0.3 is 0 Å². The fraction of sp³-hybridized carbons (Fsp3) is 0.833. The second-order valence-electron chi connectivity index (χ2n) is 3.82. The Kier molecular flexibility index (Phi) is 8.85. The van der Waals surface area contributed by atoms with E-state index in [1.54, 1.807) is 0 Å². The number of amides is 1. The van der Waals surface area contributed by atoms with Gasteiger partial charge in [0.2, 0.25) is 5.91 Å². The Morgan fingerprint density at radius 1 is 1.27 bits per heavy atom. The summed E-state index contributed by atoms with van der Waals surface area (Å²) >= 11 is 0. The van der Waals surface area contributed by atoms with Crippen LogP contribution < -0.4 is 5.32 Å². The smallest absolute Gasteiger partial charge is 0.221 e. The van der Waals surface area contributed by atoms with Crippen molar-refractivity contribution >= 4 is 5.91 Å². The summed E-state index contributed by atoms with van der Waals surface area (Å²) in [5, 5.41) is 11.4. The number of hydrogen-bond donors (Lipinski definition) is 1. The maximum Gasteiger partial charge on any atom is 0.221 e. The highest BCUT2D eigenvalue weighted by atomic mass is 16.1. The monoisotopic (exact) mass is 210 g/mol. The third-order valence-electron chi connectivity index (χ3n) is 2.41. The molecule has 15 heavy (non-hydrogen) atoms. The van der Waals surface area contributed by atoms with E-state index in [0.29, 0.717) is 12.8 Å². The average Bonchev–Trinajstić information content (AvgIpc) is 2.25. The van der Waals surface area contributed by atoms with Crippen molar-refractivity contribution in [3.05, 3.63) is 0 Å². The van der Waals surface area contributed by atoms with Gasteiger partial charge < -0.3 is 5.32 Å². The molecule has 0 bridgehead atoms. The Balaban J connectivity index is 3.45. The first-order chi connectivity index (χ1) is 7.24. The van der Waals surface area contributed by atoms with Gasteiger partial charge in [-0.3, -0.25) is 4.79 Å². The second-order valence-corrected chi connectivity index (χ2v) is 3.82. The van der Waals surface area contributed by atoms with Crippen molar-refractivity contribution in [1.82, 2.24) is 5.32 Å². The number of nitrogens with zero attached hydrogens (tertiary/aromatic N) is 1. The van der Waals surface area contributed by atoms with Crippen molar-refractivity contribution in [2.45, 2.75) is 64.8 Å². The molecule has 0 fully saturated rings. The van der Waals surface area contributed by atoms with Gasteiger partial charge in [0.15, 0.2) is 0 Å². The third kappa shape index (κ3) is 7.99. The lowest BCUT2D eigenvalue weighted by Gasteiger charge is -2.08. The third-order valence-corrected chi connectivity index (χ3v) is 2.41. The SMILES string of the molecule is CCCCCCCC(=O)NC(C#N)CC. The Labute approximate surface area is 92.9 Å². The van der Waals surface area contributed by atoms with Crippen molar-refractivity contribution < 1.29 is 4.79 Å². The highest BCUT2D eigenvalue weighted by molar-refractivity contribution is 5.76. The Morgan fingerprint density at radius 2 is 1.93 bits per heavy atom. The predicted octanol–water partition coefficient (Wildman–Crippen LogP) is 2.77. The van der Waals surface area contributed by atoms with Gasteiger partial charge in [-0.2, -0.15) is 5.26 Å². The Morgan fingerprint density at radius 3 is 2.47 bits per heavy atom. The summed E-state index contributed by atoms with van der Waals surface area (Å²) in [6.07, 6.45) is 6.97. The topological polar surface area (TPSA) is 52.9 Å². The van der Waals surface area contributed by atoms with E-state index in [-0.39, 0.29) is 11.9 Å². The maximum atomic E-state index is 11.3. The lowest BCUT2D eigenvalue weighted by atomic mass is 10.1. The number of unbranched alkanes of at least 4 members (excludes halogenated alkanes) is 4. The summed E-state index contributed by atoms with van der Waals surface area (Å²) in [6, 6.07) is 1.75. The Bertz CT molecular complexity index is 208. The molecule has 1 unspecified atom stereocenters. The molecule has 0 aliphatic carbocycles. The first-order valence-electron chi connectivity index (χ1n) is 5.93. The average molecular weight is 210 g/mol. The van der Waals surface area contributed by atoms with Crippen LogP contribution in [0.5, 0.6) is 0 Å². The summed E-state index contributed by atoms with van der Waals surface area (Å²) in [5.41, 5.74) is 0. The molecule has 3 nitrogen and oxygen atoms in total. The molecule has 0 aromatic rings. The number of rotatable bonds is 8. The summed E-state index contributed by atoms with van der Waals surface area (Å²) < 4.78 is 0. The van der Waals surface area contributed by atoms with Crippen molar-refractivity contribution in [3.8, 4) is 6.07 Å². The first-order valence-corrected chi connectivity index (χ1v) is 5.93. The van der Waals surface area contributed by atoms with E-state index in [1.807, 2.05) is 6.92 Å². The molecule has 1 atom stereocenters. The number of carbonyl (C=O) groups excluding carboxylic acids is 1. The lowest BCUT2D eigenvalue weighted by Crippen LogP contribution is -2.32. The van der Waals surface area contributed by atoms with Gasteiger partial charge in [-0.25, -0.2) is 0 Å².